The van der Waals surface area contributed by atoms with Crippen molar-refractivity contribution >= 4 is 17.7 Å². The van der Waals surface area contributed by atoms with Crippen LogP contribution in [-0.2, 0) is 11.2 Å². The summed E-state index contributed by atoms with van der Waals surface area (Å²) in [5.74, 6) is -0.0213. The fraction of sp³-hybridized carbons (Fsp3) is 0.364. The first-order valence-corrected chi connectivity index (χ1v) is 9.30. The Hall–Kier alpha value is -2.51. The molecule has 4 nitrogen and oxygen atoms in total. The predicted molar refractivity (Wildman–Crippen MR) is 108 cm³/mol. The van der Waals surface area contributed by atoms with Gasteiger partial charge in [-0.15, -0.1) is 0 Å². The quantitative estimate of drug-likeness (QED) is 0.745. The average molecular weight is 385 g/mol. The third kappa shape index (κ3) is 6.62. The van der Waals surface area contributed by atoms with Gasteiger partial charge >= 0.3 is 6.09 Å². The van der Waals surface area contributed by atoms with Crippen molar-refractivity contribution in [2.75, 3.05) is 0 Å². The van der Waals surface area contributed by atoms with Crippen LogP contribution in [0, 0.1) is 11.3 Å². The maximum absolute atomic E-state index is 12.2. The lowest BCUT2D eigenvalue weighted by Gasteiger charge is -2.27. The number of nitriles is 1. The molecule has 2 atom stereocenters. The van der Waals surface area contributed by atoms with Gasteiger partial charge in [-0.05, 0) is 69.5 Å². The summed E-state index contributed by atoms with van der Waals surface area (Å²) in [4.78, 5) is 12.2. The van der Waals surface area contributed by atoms with Gasteiger partial charge in [0.15, 0.2) is 0 Å². The second-order valence-electron chi connectivity index (χ2n) is 7.61. The number of nitrogens with one attached hydrogen (secondary N) is 1. The maximum Gasteiger partial charge on any atom is 0.407 e. The number of benzene rings is 2. The van der Waals surface area contributed by atoms with Crippen LogP contribution in [0.15, 0.2) is 48.5 Å². The number of amides is 1. The van der Waals surface area contributed by atoms with Crippen LogP contribution < -0.4 is 5.32 Å². The van der Waals surface area contributed by atoms with Crippen LogP contribution >= 0.6 is 11.6 Å². The van der Waals surface area contributed by atoms with Gasteiger partial charge in [-0.3, -0.25) is 0 Å². The molecule has 0 aliphatic rings. The lowest BCUT2D eigenvalue weighted by atomic mass is 9.86. The highest BCUT2D eigenvalue weighted by Gasteiger charge is 2.24. The van der Waals surface area contributed by atoms with Gasteiger partial charge in [0.25, 0.3) is 0 Å². The van der Waals surface area contributed by atoms with Crippen molar-refractivity contribution in [2.45, 2.75) is 51.7 Å². The zero-order valence-electron chi connectivity index (χ0n) is 16.1. The molecule has 0 aromatic heterocycles. The second kappa shape index (κ2) is 8.92. The predicted octanol–water partition coefficient (Wildman–Crippen LogP) is 5.45. The fourth-order valence-electron chi connectivity index (χ4n) is 2.89. The molecule has 0 spiro atoms. The van der Waals surface area contributed by atoms with E-state index in [4.69, 9.17) is 16.3 Å². The van der Waals surface area contributed by atoms with E-state index in [2.05, 4.69) is 11.4 Å². The van der Waals surface area contributed by atoms with Crippen molar-refractivity contribution in [2.24, 2.45) is 0 Å². The van der Waals surface area contributed by atoms with Crippen LogP contribution in [0.3, 0.4) is 0 Å². The van der Waals surface area contributed by atoms with Crippen LogP contribution in [-0.4, -0.2) is 17.7 Å². The Morgan fingerprint density at radius 3 is 2.48 bits per heavy atom. The number of carbonyl (C=O) groups excluding carboxylic acids is 1. The zero-order chi connectivity index (χ0) is 20.0. The third-order valence-electron chi connectivity index (χ3n) is 4.16. The van der Waals surface area contributed by atoms with E-state index in [1.165, 1.54) is 0 Å². The van der Waals surface area contributed by atoms with Crippen LogP contribution in [0.4, 0.5) is 4.79 Å². The Kier molecular flexibility index (Phi) is 6.87. The Balaban J connectivity index is 2.26. The molecule has 27 heavy (non-hydrogen) atoms. The number of nitrogens with zero attached hydrogens (tertiary/aromatic N) is 1. The Labute approximate surface area is 166 Å². The van der Waals surface area contributed by atoms with Gasteiger partial charge in [0.05, 0.1) is 11.6 Å². The van der Waals surface area contributed by atoms with Gasteiger partial charge in [-0.25, -0.2) is 4.79 Å². The van der Waals surface area contributed by atoms with Crippen molar-refractivity contribution in [3.8, 4) is 6.07 Å². The average Bonchev–Trinajstić information content (AvgIpc) is 2.59. The summed E-state index contributed by atoms with van der Waals surface area (Å²) in [5, 5.41) is 12.8. The SMILES string of the molecule is C[C@H](NC(=O)OC(C)(C)C)[C@@H](Cc1ccc(Cl)cc1)c1cccc(C#N)c1. The molecule has 2 rings (SSSR count). The number of alkyl carbamates (subject to hydrolysis) is 1. The molecular formula is C22H25ClN2O2. The highest BCUT2D eigenvalue weighted by atomic mass is 35.5. The molecule has 0 bridgehead atoms. The minimum absolute atomic E-state index is 0.0213. The highest BCUT2D eigenvalue weighted by Crippen LogP contribution is 2.26. The van der Waals surface area contributed by atoms with E-state index in [9.17, 15) is 10.1 Å². The van der Waals surface area contributed by atoms with E-state index in [-0.39, 0.29) is 12.0 Å². The van der Waals surface area contributed by atoms with Gasteiger partial charge in [-0.1, -0.05) is 35.9 Å². The van der Waals surface area contributed by atoms with E-state index in [0.717, 1.165) is 11.1 Å². The zero-order valence-corrected chi connectivity index (χ0v) is 16.9. The molecule has 1 N–H and O–H groups in total. The van der Waals surface area contributed by atoms with Crippen molar-refractivity contribution < 1.29 is 9.53 Å². The summed E-state index contributed by atoms with van der Waals surface area (Å²) in [6.07, 6.45) is 0.246. The Morgan fingerprint density at radius 2 is 1.89 bits per heavy atom. The Morgan fingerprint density at radius 1 is 1.22 bits per heavy atom. The normalized spacial score (nSPS) is 13.3. The first kappa shape index (κ1) is 20.8. The van der Waals surface area contributed by atoms with E-state index in [1.54, 1.807) is 6.07 Å². The van der Waals surface area contributed by atoms with Gasteiger partial charge in [0, 0.05) is 17.0 Å². The van der Waals surface area contributed by atoms with Gasteiger partial charge in [0.1, 0.15) is 5.60 Å². The summed E-state index contributed by atoms with van der Waals surface area (Å²) < 4.78 is 5.39. The van der Waals surface area contributed by atoms with E-state index < -0.39 is 11.7 Å². The van der Waals surface area contributed by atoms with Crippen LogP contribution in [0.2, 0.25) is 5.02 Å². The summed E-state index contributed by atoms with van der Waals surface area (Å²) in [6, 6.07) is 17.1. The first-order chi connectivity index (χ1) is 12.7. The number of hydrogen-bond acceptors (Lipinski definition) is 3. The van der Waals surface area contributed by atoms with Gasteiger partial charge in [0.2, 0.25) is 0 Å². The number of rotatable bonds is 5. The van der Waals surface area contributed by atoms with Crippen LogP contribution in [0.5, 0.6) is 0 Å². The molecule has 0 heterocycles. The van der Waals surface area contributed by atoms with Crippen molar-refractivity contribution in [3.63, 3.8) is 0 Å². The fourth-order valence-corrected chi connectivity index (χ4v) is 3.02. The molecule has 0 radical (unpaired) electrons. The summed E-state index contributed by atoms with van der Waals surface area (Å²) in [5.41, 5.74) is 2.13. The van der Waals surface area contributed by atoms with E-state index in [1.807, 2.05) is 70.2 Å². The molecule has 0 saturated carbocycles. The molecule has 2 aromatic rings. The Bertz CT molecular complexity index is 819. The van der Waals surface area contributed by atoms with Crippen LogP contribution in [0.25, 0.3) is 0 Å². The second-order valence-corrected chi connectivity index (χ2v) is 8.05. The molecule has 0 unspecified atom stereocenters. The molecule has 0 aliphatic heterocycles. The maximum atomic E-state index is 12.2. The van der Waals surface area contributed by atoms with Crippen LogP contribution in [0.1, 0.15) is 50.3 Å². The highest BCUT2D eigenvalue weighted by molar-refractivity contribution is 6.30. The summed E-state index contributed by atoms with van der Waals surface area (Å²) in [6.45, 7) is 7.44. The monoisotopic (exact) mass is 384 g/mol. The third-order valence-corrected chi connectivity index (χ3v) is 4.41. The van der Waals surface area contributed by atoms with Crippen molar-refractivity contribution in [3.05, 3.63) is 70.2 Å². The molecule has 0 aliphatic carbocycles. The number of hydrogen-bond donors (Lipinski definition) is 1. The smallest absolute Gasteiger partial charge is 0.407 e. The molecule has 142 valence electrons. The summed E-state index contributed by atoms with van der Waals surface area (Å²) in [7, 11) is 0. The minimum atomic E-state index is -0.559. The molecule has 2 aromatic carbocycles. The number of ether oxygens (including phenoxy) is 1. The van der Waals surface area contributed by atoms with E-state index in [0.29, 0.717) is 17.0 Å². The number of halogens is 1. The lowest BCUT2D eigenvalue weighted by Crippen LogP contribution is -2.41. The van der Waals surface area contributed by atoms with Gasteiger partial charge in [-0.2, -0.15) is 5.26 Å². The first-order valence-electron chi connectivity index (χ1n) is 8.92. The summed E-state index contributed by atoms with van der Waals surface area (Å²) >= 11 is 5.99. The van der Waals surface area contributed by atoms with Crippen molar-refractivity contribution in [1.29, 1.82) is 5.26 Å². The number of carbonyl (C=O) groups is 1. The standard InChI is InChI=1S/C22H25ClN2O2/c1-15(25-21(26)27-22(2,3)4)20(13-16-8-10-19(23)11-9-16)18-7-5-6-17(12-18)14-24/h5-12,15,20H,13H2,1-4H3,(H,25,26)/t15-,20+/m0/s1. The molecule has 0 saturated heterocycles. The largest absolute Gasteiger partial charge is 0.444 e. The van der Waals surface area contributed by atoms with E-state index >= 15 is 0 Å². The minimum Gasteiger partial charge on any atom is -0.444 e. The lowest BCUT2D eigenvalue weighted by molar-refractivity contribution is 0.0501. The molecular weight excluding hydrogens is 360 g/mol. The molecule has 0 fully saturated rings. The van der Waals surface area contributed by atoms with Crippen molar-refractivity contribution in [1.82, 2.24) is 5.32 Å². The molecule has 5 heteroatoms. The molecule has 1 amide bonds. The topological polar surface area (TPSA) is 62.1 Å². The van der Waals surface area contributed by atoms with Gasteiger partial charge < -0.3 is 10.1 Å².